The van der Waals surface area contributed by atoms with Crippen molar-refractivity contribution in [3.05, 3.63) is 96.1 Å². The molecule has 0 atom stereocenters. The molecule has 0 aliphatic carbocycles. The second-order valence-corrected chi connectivity index (χ2v) is 6.13. The van der Waals surface area contributed by atoms with Crippen molar-refractivity contribution >= 4 is 17.0 Å². The molecule has 0 radical (unpaired) electrons. The van der Waals surface area contributed by atoms with Crippen molar-refractivity contribution in [1.82, 2.24) is 0 Å². The fourth-order valence-electron chi connectivity index (χ4n) is 3.24. The lowest BCUT2D eigenvalue weighted by Crippen LogP contribution is -1.88. The van der Waals surface area contributed by atoms with Crippen molar-refractivity contribution in [1.29, 1.82) is 0 Å². The number of hydrogen-bond acceptors (Lipinski definition) is 2. The summed E-state index contributed by atoms with van der Waals surface area (Å²) in [6.45, 7) is 0. The van der Waals surface area contributed by atoms with Gasteiger partial charge in [0, 0.05) is 11.1 Å². The summed E-state index contributed by atoms with van der Waals surface area (Å²) < 4.78 is 11.8. The number of methoxy groups -OCH3 is 1. The molecule has 2 heteroatoms. The predicted molar refractivity (Wildman–Crippen MR) is 107 cm³/mol. The van der Waals surface area contributed by atoms with E-state index in [0.29, 0.717) is 0 Å². The molecule has 0 bridgehead atoms. The molecule has 4 aromatic rings. The molecular formula is C24H20O2. The number of allylic oxidation sites excluding steroid dienone is 1. The van der Waals surface area contributed by atoms with E-state index >= 15 is 0 Å². The molecule has 0 aliphatic rings. The van der Waals surface area contributed by atoms with Crippen LogP contribution in [-0.2, 0) is 6.42 Å². The van der Waals surface area contributed by atoms with Crippen molar-refractivity contribution in [2.75, 3.05) is 7.11 Å². The Bertz CT molecular complexity index is 1030. The first-order chi connectivity index (χ1) is 12.9. The summed E-state index contributed by atoms with van der Waals surface area (Å²) in [6.07, 6.45) is 5.09. The lowest BCUT2D eigenvalue weighted by Gasteiger charge is -2.04. The second kappa shape index (κ2) is 7.32. The van der Waals surface area contributed by atoms with Gasteiger partial charge in [-0.25, -0.2) is 0 Å². The lowest BCUT2D eigenvalue weighted by molar-refractivity contribution is 0.419. The molecule has 0 amide bonds. The molecule has 3 aromatic carbocycles. The zero-order valence-electron chi connectivity index (χ0n) is 14.7. The Kier molecular flexibility index (Phi) is 4.57. The van der Waals surface area contributed by atoms with Crippen LogP contribution in [0.2, 0.25) is 0 Å². The molecule has 1 heterocycles. The average Bonchev–Trinajstić information content (AvgIpc) is 3.08. The quantitative estimate of drug-likeness (QED) is 0.421. The van der Waals surface area contributed by atoms with Gasteiger partial charge in [-0.1, -0.05) is 78.9 Å². The minimum Gasteiger partial charge on any atom is -0.496 e. The van der Waals surface area contributed by atoms with Crippen molar-refractivity contribution in [3.63, 3.8) is 0 Å². The highest BCUT2D eigenvalue weighted by Gasteiger charge is 2.18. The van der Waals surface area contributed by atoms with Gasteiger partial charge in [0.15, 0.2) is 0 Å². The van der Waals surface area contributed by atoms with Gasteiger partial charge in [-0.3, -0.25) is 0 Å². The minimum atomic E-state index is 0.770. The summed E-state index contributed by atoms with van der Waals surface area (Å²) >= 11 is 0. The Morgan fingerprint density at radius 1 is 0.846 bits per heavy atom. The van der Waals surface area contributed by atoms with E-state index in [1.165, 1.54) is 5.56 Å². The fraction of sp³-hybridized carbons (Fsp3) is 0.0833. The maximum Gasteiger partial charge on any atom is 0.139 e. The molecule has 4 rings (SSSR count). The van der Waals surface area contributed by atoms with Gasteiger partial charge in [-0.15, -0.1) is 0 Å². The van der Waals surface area contributed by atoms with E-state index in [1.807, 2.05) is 54.6 Å². The SMILES string of the molecule is COc1cccc2oc(-c3ccccc3)c(C/C=C/c3ccccc3)c12. The smallest absolute Gasteiger partial charge is 0.139 e. The third kappa shape index (κ3) is 3.14. The van der Waals surface area contributed by atoms with Crippen LogP contribution in [0.25, 0.3) is 28.4 Å². The van der Waals surface area contributed by atoms with E-state index in [1.54, 1.807) is 7.11 Å². The van der Waals surface area contributed by atoms with Gasteiger partial charge in [0.25, 0.3) is 0 Å². The number of rotatable bonds is 5. The largest absolute Gasteiger partial charge is 0.496 e. The van der Waals surface area contributed by atoms with Crippen LogP contribution in [0.3, 0.4) is 0 Å². The Hall–Kier alpha value is -3.26. The number of ether oxygens (including phenoxy) is 1. The number of fused-ring (bicyclic) bond motifs is 1. The highest BCUT2D eigenvalue weighted by Crippen LogP contribution is 2.39. The van der Waals surface area contributed by atoms with Crippen LogP contribution in [0.15, 0.2) is 89.4 Å². The minimum absolute atomic E-state index is 0.770. The summed E-state index contributed by atoms with van der Waals surface area (Å²) in [5.41, 5.74) is 4.27. The van der Waals surface area contributed by atoms with Crippen LogP contribution in [-0.4, -0.2) is 7.11 Å². The molecule has 0 saturated heterocycles. The molecule has 128 valence electrons. The zero-order chi connectivity index (χ0) is 17.8. The summed E-state index contributed by atoms with van der Waals surface area (Å²) in [4.78, 5) is 0. The van der Waals surface area contributed by atoms with Gasteiger partial charge in [0.2, 0.25) is 0 Å². The van der Waals surface area contributed by atoms with Gasteiger partial charge >= 0.3 is 0 Å². The average molecular weight is 340 g/mol. The molecule has 0 unspecified atom stereocenters. The van der Waals surface area contributed by atoms with E-state index in [0.717, 1.165) is 40.0 Å². The van der Waals surface area contributed by atoms with Crippen LogP contribution in [0.5, 0.6) is 5.75 Å². The maximum atomic E-state index is 6.22. The summed E-state index contributed by atoms with van der Waals surface area (Å²) in [6, 6.07) is 26.5. The Balaban J connectivity index is 1.81. The van der Waals surface area contributed by atoms with E-state index in [4.69, 9.17) is 9.15 Å². The zero-order valence-corrected chi connectivity index (χ0v) is 14.7. The van der Waals surface area contributed by atoms with E-state index < -0.39 is 0 Å². The van der Waals surface area contributed by atoms with Crippen LogP contribution in [0, 0.1) is 0 Å². The third-order valence-electron chi connectivity index (χ3n) is 4.46. The van der Waals surface area contributed by atoms with Gasteiger partial charge in [0.1, 0.15) is 17.1 Å². The van der Waals surface area contributed by atoms with Gasteiger partial charge < -0.3 is 9.15 Å². The standard InChI is InChI=1S/C24H20O2/c1-25-21-16-9-17-22-23(21)20(15-8-12-18-10-4-2-5-11-18)24(26-22)19-13-6-3-7-14-19/h2-14,16-17H,15H2,1H3/b12-8+. The molecule has 0 aliphatic heterocycles. The highest BCUT2D eigenvalue weighted by atomic mass is 16.5. The van der Waals surface area contributed by atoms with Crippen LogP contribution in [0.4, 0.5) is 0 Å². The number of benzene rings is 3. The Labute approximate surface area is 153 Å². The molecule has 0 saturated carbocycles. The molecule has 0 fully saturated rings. The Morgan fingerprint density at radius 3 is 2.31 bits per heavy atom. The van der Waals surface area contributed by atoms with E-state index in [-0.39, 0.29) is 0 Å². The predicted octanol–water partition coefficient (Wildman–Crippen LogP) is 6.36. The summed E-state index contributed by atoms with van der Waals surface area (Å²) in [7, 11) is 1.70. The van der Waals surface area contributed by atoms with Gasteiger partial charge in [0.05, 0.1) is 12.5 Å². The van der Waals surface area contributed by atoms with Crippen LogP contribution >= 0.6 is 0 Å². The molecule has 0 spiro atoms. The maximum absolute atomic E-state index is 6.22. The van der Waals surface area contributed by atoms with Crippen LogP contribution in [0.1, 0.15) is 11.1 Å². The van der Waals surface area contributed by atoms with E-state index in [2.05, 4.69) is 36.4 Å². The topological polar surface area (TPSA) is 22.4 Å². The lowest BCUT2D eigenvalue weighted by atomic mass is 10.0. The van der Waals surface area contributed by atoms with Crippen molar-refractivity contribution in [2.45, 2.75) is 6.42 Å². The first kappa shape index (κ1) is 16.2. The number of hydrogen-bond donors (Lipinski definition) is 0. The van der Waals surface area contributed by atoms with Gasteiger partial charge in [-0.2, -0.15) is 0 Å². The molecule has 26 heavy (non-hydrogen) atoms. The molecule has 1 aromatic heterocycles. The fourth-order valence-corrected chi connectivity index (χ4v) is 3.24. The molecule has 0 N–H and O–H groups in total. The van der Waals surface area contributed by atoms with Crippen LogP contribution < -0.4 is 4.74 Å². The van der Waals surface area contributed by atoms with Crippen molar-refractivity contribution < 1.29 is 9.15 Å². The number of furan rings is 1. The highest BCUT2D eigenvalue weighted by molar-refractivity contribution is 5.93. The van der Waals surface area contributed by atoms with Crippen molar-refractivity contribution in [3.8, 4) is 17.1 Å². The third-order valence-corrected chi connectivity index (χ3v) is 4.46. The first-order valence-electron chi connectivity index (χ1n) is 8.72. The second-order valence-electron chi connectivity index (χ2n) is 6.13. The van der Waals surface area contributed by atoms with Crippen molar-refractivity contribution in [2.24, 2.45) is 0 Å². The molecule has 2 nitrogen and oxygen atoms in total. The first-order valence-corrected chi connectivity index (χ1v) is 8.72. The summed E-state index contributed by atoms with van der Waals surface area (Å²) in [5, 5.41) is 1.05. The monoisotopic (exact) mass is 340 g/mol. The Morgan fingerprint density at radius 2 is 1.58 bits per heavy atom. The molecular weight excluding hydrogens is 320 g/mol. The van der Waals surface area contributed by atoms with Gasteiger partial charge in [-0.05, 0) is 24.1 Å². The normalized spacial score (nSPS) is 11.3. The summed E-state index contributed by atoms with van der Waals surface area (Å²) in [5.74, 6) is 1.75. The van der Waals surface area contributed by atoms with E-state index in [9.17, 15) is 0 Å².